The van der Waals surface area contributed by atoms with Gasteiger partial charge in [0.05, 0.1) is 5.67 Å². The Balaban J connectivity index is 5.50. The minimum absolute atomic E-state index is 0.0432. The lowest BCUT2D eigenvalue weighted by Crippen LogP contribution is -2.63. The maximum atomic E-state index is 12.5. The molecule has 0 aromatic carbocycles. The third-order valence-electron chi connectivity index (χ3n) is 2.47. The lowest BCUT2D eigenvalue weighted by atomic mass is 10.5. The van der Waals surface area contributed by atoms with Crippen molar-refractivity contribution in [2.75, 3.05) is 19.8 Å². The fourth-order valence-electron chi connectivity index (χ4n) is 1.69. The smallest absolute Gasteiger partial charge is 0.373 e. The quantitative estimate of drug-likeness (QED) is 0.606. The molecule has 128 valence electrons. The summed E-state index contributed by atoms with van der Waals surface area (Å²) >= 11 is 0. The van der Waals surface area contributed by atoms with Gasteiger partial charge in [-0.1, -0.05) is 6.92 Å². The van der Waals surface area contributed by atoms with E-state index in [1.807, 2.05) is 0 Å². The van der Waals surface area contributed by atoms with Gasteiger partial charge in [0.1, 0.15) is 0 Å². The van der Waals surface area contributed by atoms with Crippen molar-refractivity contribution in [3.8, 4) is 0 Å². The van der Waals surface area contributed by atoms with Crippen LogP contribution in [0.5, 0.6) is 0 Å². The van der Waals surface area contributed by atoms with Gasteiger partial charge in [-0.2, -0.15) is 17.9 Å². The third kappa shape index (κ3) is 5.49. The Morgan fingerprint density at radius 1 is 1.00 bits per heavy atom. The maximum Gasteiger partial charge on any atom is 0.519 e. The van der Waals surface area contributed by atoms with E-state index in [0.29, 0.717) is 0 Å². The molecule has 0 aliphatic carbocycles. The second-order valence-corrected chi connectivity index (χ2v) is 8.41. The first-order chi connectivity index (χ1) is 9.60. The Bertz CT molecular complexity index is 387. The zero-order chi connectivity index (χ0) is 16.7. The number of alkyl halides is 3. The van der Waals surface area contributed by atoms with Gasteiger partial charge in [-0.3, -0.25) is 0 Å². The number of hydrogen-bond acceptors (Lipinski definition) is 5. The minimum atomic E-state index is -5.50. The van der Waals surface area contributed by atoms with Gasteiger partial charge >= 0.3 is 24.3 Å². The zero-order valence-corrected chi connectivity index (χ0v) is 14.3. The van der Waals surface area contributed by atoms with E-state index < -0.39 is 30.0 Å². The Kier molecular flexibility index (Phi) is 8.35. The van der Waals surface area contributed by atoms with E-state index in [1.54, 1.807) is 25.5 Å². The molecule has 0 bridgehead atoms. The van der Waals surface area contributed by atoms with Crippen LogP contribution in [0.4, 0.5) is 13.2 Å². The summed E-state index contributed by atoms with van der Waals surface area (Å²) in [5, 5.41) is 0. The van der Waals surface area contributed by atoms with Crippen molar-refractivity contribution in [3.05, 3.63) is 0 Å². The van der Waals surface area contributed by atoms with Crippen molar-refractivity contribution in [3.63, 3.8) is 0 Å². The second kappa shape index (κ2) is 8.43. The highest BCUT2D eigenvalue weighted by atomic mass is 32.2. The van der Waals surface area contributed by atoms with E-state index in [-0.39, 0.29) is 26.2 Å². The Morgan fingerprint density at radius 3 is 1.62 bits per heavy atom. The number of hydrogen-bond donors (Lipinski definition) is 1. The molecule has 1 N–H and O–H groups in total. The molecule has 21 heavy (non-hydrogen) atoms. The summed E-state index contributed by atoms with van der Waals surface area (Å²) in [5.41, 5.74) is -6.60. The fraction of sp³-hybridized carbons (Fsp3) is 1.00. The highest BCUT2D eigenvalue weighted by Crippen LogP contribution is 2.25. The molecule has 0 aromatic heterocycles. The summed E-state index contributed by atoms with van der Waals surface area (Å²) in [6.07, 6.45) is 0.0432. The van der Waals surface area contributed by atoms with Gasteiger partial charge in [-0.05, 0) is 27.2 Å². The van der Waals surface area contributed by atoms with E-state index in [1.165, 1.54) is 6.92 Å². The SMILES string of the molecule is CCO[Si](OCC)(OCC)C(CC)NS(=O)(=O)C(F)(F)F. The van der Waals surface area contributed by atoms with Gasteiger partial charge in [0.15, 0.2) is 0 Å². The van der Waals surface area contributed by atoms with Crippen LogP contribution in [0.2, 0.25) is 0 Å². The molecule has 0 radical (unpaired) electrons. The predicted octanol–water partition coefficient (Wildman–Crippen LogP) is 1.79. The highest BCUT2D eigenvalue weighted by Gasteiger charge is 2.55. The molecule has 1 unspecified atom stereocenters. The van der Waals surface area contributed by atoms with E-state index in [2.05, 4.69) is 0 Å². The molecular weight excluding hydrogens is 331 g/mol. The van der Waals surface area contributed by atoms with Crippen LogP contribution in [0.25, 0.3) is 0 Å². The summed E-state index contributed by atoms with van der Waals surface area (Å²) in [6, 6.07) is 0. The molecule has 0 aliphatic rings. The normalized spacial score (nSPS) is 15.2. The largest absolute Gasteiger partial charge is 0.519 e. The van der Waals surface area contributed by atoms with Crippen molar-refractivity contribution in [1.29, 1.82) is 0 Å². The summed E-state index contributed by atoms with van der Waals surface area (Å²) in [5.74, 6) is 0. The van der Waals surface area contributed by atoms with Crippen LogP contribution in [-0.2, 0) is 23.3 Å². The van der Waals surface area contributed by atoms with Crippen molar-refractivity contribution in [2.45, 2.75) is 45.3 Å². The lowest BCUT2D eigenvalue weighted by Gasteiger charge is -2.34. The topological polar surface area (TPSA) is 73.9 Å². The van der Waals surface area contributed by atoms with E-state index in [0.717, 1.165) is 0 Å². The summed E-state index contributed by atoms with van der Waals surface area (Å²) < 4.78 is 78.0. The minimum Gasteiger partial charge on any atom is -0.373 e. The Hall–Kier alpha value is -0.203. The number of nitrogens with one attached hydrogen (secondary N) is 1. The summed E-state index contributed by atoms with van der Waals surface area (Å²) in [6.45, 7) is 6.83. The van der Waals surface area contributed by atoms with Crippen LogP contribution in [0.15, 0.2) is 0 Å². The van der Waals surface area contributed by atoms with Crippen LogP contribution in [0, 0.1) is 0 Å². The molecule has 0 rings (SSSR count). The van der Waals surface area contributed by atoms with Crippen molar-refractivity contribution in [2.24, 2.45) is 0 Å². The van der Waals surface area contributed by atoms with E-state index in [4.69, 9.17) is 13.3 Å². The molecule has 0 aromatic rings. The van der Waals surface area contributed by atoms with E-state index in [9.17, 15) is 21.6 Å². The second-order valence-electron chi connectivity index (χ2n) is 3.93. The summed E-state index contributed by atoms with van der Waals surface area (Å²) in [7, 11) is -9.11. The molecule has 0 spiro atoms. The monoisotopic (exact) mass is 353 g/mol. The maximum absolute atomic E-state index is 12.5. The van der Waals surface area contributed by atoms with Gasteiger partial charge in [-0.15, -0.1) is 0 Å². The first kappa shape index (κ1) is 20.8. The number of halogens is 3. The first-order valence-corrected chi connectivity index (χ1v) is 9.89. The van der Waals surface area contributed by atoms with Crippen LogP contribution >= 0.6 is 0 Å². The highest BCUT2D eigenvalue weighted by molar-refractivity contribution is 7.90. The predicted molar refractivity (Wildman–Crippen MR) is 72.8 cm³/mol. The van der Waals surface area contributed by atoms with Gasteiger partial charge in [0.25, 0.3) is 0 Å². The number of sulfonamides is 1. The third-order valence-corrected chi connectivity index (χ3v) is 7.37. The standard InChI is InChI=1S/C10H22F3NO5SSi/c1-5-9(14-20(15,16)10(11,12)13)21(17-6-2,18-7-3)19-8-4/h9,14H,5-8H2,1-4H3. The van der Waals surface area contributed by atoms with Crippen LogP contribution < -0.4 is 4.72 Å². The van der Waals surface area contributed by atoms with Gasteiger partial charge in [-0.25, -0.2) is 8.42 Å². The van der Waals surface area contributed by atoms with E-state index >= 15 is 0 Å². The van der Waals surface area contributed by atoms with Gasteiger partial charge in [0, 0.05) is 19.8 Å². The average Bonchev–Trinajstić information content (AvgIpc) is 2.35. The van der Waals surface area contributed by atoms with Crippen LogP contribution in [-0.4, -0.2) is 48.2 Å². The average molecular weight is 353 g/mol. The summed E-state index contributed by atoms with van der Waals surface area (Å²) in [4.78, 5) is 0. The zero-order valence-electron chi connectivity index (χ0n) is 12.5. The molecule has 0 amide bonds. The number of rotatable bonds is 10. The van der Waals surface area contributed by atoms with Gasteiger partial charge < -0.3 is 13.3 Å². The molecular formula is C10H22F3NO5SSi. The molecule has 0 aliphatic heterocycles. The molecule has 0 fully saturated rings. The van der Waals surface area contributed by atoms with Crippen LogP contribution in [0.1, 0.15) is 34.1 Å². The fourth-order valence-corrected chi connectivity index (χ4v) is 5.97. The Labute approximate surface area is 124 Å². The first-order valence-electron chi connectivity index (χ1n) is 6.60. The molecule has 1 atom stereocenters. The molecule has 0 heterocycles. The van der Waals surface area contributed by atoms with Crippen molar-refractivity contribution < 1.29 is 34.9 Å². The van der Waals surface area contributed by atoms with Crippen molar-refractivity contribution >= 4 is 18.8 Å². The van der Waals surface area contributed by atoms with Gasteiger partial charge in [0.2, 0.25) is 0 Å². The molecule has 0 saturated heterocycles. The molecule has 11 heteroatoms. The lowest BCUT2D eigenvalue weighted by molar-refractivity contribution is -0.0452. The molecule has 6 nitrogen and oxygen atoms in total. The Morgan fingerprint density at radius 2 is 1.38 bits per heavy atom. The van der Waals surface area contributed by atoms with Crippen molar-refractivity contribution in [1.82, 2.24) is 4.72 Å². The molecule has 0 saturated carbocycles. The van der Waals surface area contributed by atoms with Crippen LogP contribution in [0.3, 0.4) is 0 Å².